The minimum atomic E-state index is -5.08. The van der Waals surface area contributed by atoms with Gasteiger partial charge < -0.3 is 15.7 Å². The number of fused-ring (bicyclic) bond motifs is 2. The number of hydrogen-bond donors (Lipinski definition) is 3. The van der Waals surface area contributed by atoms with Gasteiger partial charge in [-0.1, -0.05) is 25.4 Å². The molecule has 3 aliphatic rings. The zero-order chi connectivity index (χ0) is 32.1. The van der Waals surface area contributed by atoms with E-state index in [4.69, 9.17) is 21.5 Å². The molecule has 2 atom stereocenters. The van der Waals surface area contributed by atoms with Gasteiger partial charge >= 0.3 is 12.1 Å². The normalized spacial score (nSPS) is 21.1. The van der Waals surface area contributed by atoms with E-state index in [1.807, 2.05) is 45.0 Å². The molecule has 44 heavy (non-hydrogen) atoms. The second-order valence-corrected chi connectivity index (χ2v) is 13.4. The summed E-state index contributed by atoms with van der Waals surface area (Å²) in [6, 6.07) is 7.62. The number of pyridine rings is 1. The molecule has 2 aromatic heterocycles. The Kier molecular flexibility index (Phi) is 8.51. The number of anilines is 1. The first-order chi connectivity index (χ1) is 20.6. The number of piperidine rings is 2. The van der Waals surface area contributed by atoms with Crippen molar-refractivity contribution in [2.24, 2.45) is 23.2 Å². The number of aliphatic carboxylic acids is 1. The van der Waals surface area contributed by atoms with Gasteiger partial charge in [0.25, 0.3) is 0 Å². The Morgan fingerprint density at radius 1 is 1.14 bits per heavy atom. The van der Waals surface area contributed by atoms with E-state index in [1.165, 1.54) is 16.2 Å². The van der Waals surface area contributed by atoms with Crippen molar-refractivity contribution < 1.29 is 37.5 Å². The number of halogens is 4. The molecule has 3 amide bonds. The van der Waals surface area contributed by atoms with Crippen molar-refractivity contribution in [3.05, 3.63) is 45.9 Å². The van der Waals surface area contributed by atoms with Crippen molar-refractivity contribution in [2.45, 2.75) is 46.3 Å². The Morgan fingerprint density at radius 2 is 1.75 bits per heavy atom. The van der Waals surface area contributed by atoms with Crippen LogP contribution in [0, 0.1) is 30.1 Å². The van der Waals surface area contributed by atoms with Gasteiger partial charge in [0.1, 0.15) is 0 Å². The molecule has 2 unspecified atom stereocenters. The molecule has 9 nitrogen and oxygen atoms in total. The van der Waals surface area contributed by atoms with Gasteiger partial charge in [-0.25, -0.2) is 4.79 Å². The van der Waals surface area contributed by atoms with Crippen molar-refractivity contribution in [3.8, 4) is 11.1 Å². The van der Waals surface area contributed by atoms with Gasteiger partial charge in [0.2, 0.25) is 17.7 Å². The molecular formula is C30H30ClF3N4O5S. The van der Waals surface area contributed by atoms with E-state index in [-0.39, 0.29) is 47.4 Å². The van der Waals surface area contributed by atoms with Crippen LogP contribution in [0.15, 0.2) is 30.5 Å². The number of carboxylic acid groups (broad SMARTS) is 1. The molecule has 3 aromatic rings. The number of nitrogens with one attached hydrogen (secondary N) is 2. The molecule has 1 aliphatic carbocycles. The van der Waals surface area contributed by atoms with Gasteiger partial charge in [-0.3, -0.25) is 24.3 Å². The van der Waals surface area contributed by atoms with Crippen LogP contribution in [0.1, 0.15) is 37.1 Å². The van der Waals surface area contributed by atoms with E-state index in [0.717, 1.165) is 63.4 Å². The van der Waals surface area contributed by atoms with Crippen LogP contribution in [0.4, 0.5) is 18.9 Å². The number of benzene rings is 1. The van der Waals surface area contributed by atoms with Crippen LogP contribution in [0.25, 0.3) is 21.3 Å². The summed E-state index contributed by atoms with van der Waals surface area (Å²) in [5.74, 6) is -3.28. The van der Waals surface area contributed by atoms with Gasteiger partial charge in [0, 0.05) is 33.1 Å². The van der Waals surface area contributed by atoms with Crippen LogP contribution in [0.5, 0.6) is 0 Å². The first-order valence-corrected chi connectivity index (χ1v) is 15.2. The molecule has 1 saturated carbocycles. The average Bonchev–Trinajstić information content (AvgIpc) is 3.19. The summed E-state index contributed by atoms with van der Waals surface area (Å²) in [7, 11) is 0. The highest BCUT2D eigenvalue weighted by Crippen LogP contribution is 2.63. The van der Waals surface area contributed by atoms with E-state index in [2.05, 4.69) is 15.6 Å². The maximum atomic E-state index is 13.1. The van der Waals surface area contributed by atoms with Crippen LogP contribution in [0.3, 0.4) is 0 Å². The number of nitrogens with zero attached hydrogens (tertiary/aromatic N) is 2. The number of imide groups is 1. The Labute approximate surface area is 259 Å². The highest BCUT2D eigenvalue weighted by molar-refractivity contribution is 7.19. The first kappa shape index (κ1) is 31.9. The number of rotatable bonds is 5. The number of thiophene rings is 1. The number of aromatic nitrogens is 1. The van der Waals surface area contributed by atoms with E-state index < -0.39 is 12.1 Å². The van der Waals surface area contributed by atoms with E-state index in [0.29, 0.717) is 5.02 Å². The van der Waals surface area contributed by atoms with Crippen molar-refractivity contribution in [1.82, 2.24) is 15.2 Å². The van der Waals surface area contributed by atoms with Crippen molar-refractivity contribution in [3.63, 3.8) is 0 Å². The zero-order valence-corrected chi connectivity index (χ0v) is 25.6. The molecule has 234 valence electrons. The van der Waals surface area contributed by atoms with Gasteiger partial charge in [0.15, 0.2) is 0 Å². The van der Waals surface area contributed by atoms with Crippen LogP contribution in [-0.2, 0) is 25.7 Å². The molecule has 4 heterocycles. The molecule has 1 aromatic carbocycles. The molecular weight excluding hydrogens is 621 g/mol. The lowest BCUT2D eigenvalue weighted by molar-refractivity contribution is -0.192. The Balaban J connectivity index is 0.000000493. The minimum absolute atomic E-state index is 0.0258. The van der Waals surface area contributed by atoms with Crippen molar-refractivity contribution >= 4 is 62.5 Å². The number of carboxylic acids is 1. The smallest absolute Gasteiger partial charge is 0.475 e. The summed E-state index contributed by atoms with van der Waals surface area (Å²) < 4.78 is 32.7. The number of amides is 3. The number of carbonyl (C=O) groups is 4. The molecule has 3 fully saturated rings. The van der Waals surface area contributed by atoms with E-state index in [1.54, 1.807) is 6.20 Å². The fourth-order valence-corrected chi connectivity index (χ4v) is 7.43. The quantitative estimate of drug-likeness (QED) is 0.305. The lowest BCUT2D eigenvalue weighted by Crippen LogP contribution is -2.35. The van der Waals surface area contributed by atoms with Gasteiger partial charge in [0.05, 0.1) is 34.3 Å². The number of carbonyl (C=O) groups excluding carboxylic acids is 3. The predicted molar refractivity (Wildman–Crippen MR) is 159 cm³/mol. The number of hydrogen-bond acceptors (Lipinski definition) is 7. The van der Waals surface area contributed by atoms with Crippen molar-refractivity contribution in [2.75, 3.05) is 18.4 Å². The van der Waals surface area contributed by atoms with Gasteiger partial charge in [-0.2, -0.15) is 13.2 Å². The SMILES string of the molecule is Cc1cc(Cl)cc(-c2ccnc3cc(CN4C(=O)C5C(C4=O)C5(C)C)sc23)c1NC(=O)C1CCNCC1.O=C(O)C(F)(F)F. The molecule has 3 N–H and O–H groups in total. The molecule has 6 rings (SSSR count). The third kappa shape index (κ3) is 6.04. The molecule has 2 saturated heterocycles. The summed E-state index contributed by atoms with van der Waals surface area (Å²) in [6.07, 6.45) is -1.71. The summed E-state index contributed by atoms with van der Waals surface area (Å²) >= 11 is 8.01. The largest absolute Gasteiger partial charge is 0.490 e. The summed E-state index contributed by atoms with van der Waals surface area (Å²) in [5.41, 5.74) is 3.96. The van der Waals surface area contributed by atoms with Crippen LogP contribution in [0.2, 0.25) is 5.02 Å². The molecule has 2 aliphatic heterocycles. The third-order valence-electron chi connectivity index (χ3n) is 8.46. The Bertz CT molecular complexity index is 1640. The maximum absolute atomic E-state index is 13.1. The summed E-state index contributed by atoms with van der Waals surface area (Å²) in [4.78, 5) is 54.6. The number of aryl methyl sites for hydroxylation is 1. The average molecular weight is 651 g/mol. The number of alkyl halides is 3. The lowest BCUT2D eigenvalue weighted by Gasteiger charge is -2.23. The molecule has 14 heteroatoms. The molecule has 0 bridgehead atoms. The van der Waals surface area contributed by atoms with Crippen molar-refractivity contribution in [1.29, 1.82) is 0 Å². The van der Waals surface area contributed by atoms with Crippen LogP contribution in [-0.4, -0.2) is 57.9 Å². The fourth-order valence-electron chi connectivity index (χ4n) is 6.02. The van der Waals surface area contributed by atoms with E-state index in [9.17, 15) is 27.6 Å². The summed E-state index contributed by atoms with van der Waals surface area (Å²) in [5, 5.41) is 14.2. The second kappa shape index (κ2) is 11.8. The minimum Gasteiger partial charge on any atom is -0.475 e. The fraction of sp³-hybridized carbons (Fsp3) is 0.433. The number of likely N-dealkylation sites (tertiary alicyclic amines) is 1. The maximum Gasteiger partial charge on any atom is 0.490 e. The van der Waals surface area contributed by atoms with E-state index >= 15 is 0 Å². The van der Waals surface area contributed by atoms with Gasteiger partial charge in [-0.05, 0) is 68.1 Å². The van der Waals surface area contributed by atoms with Gasteiger partial charge in [-0.15, -0.1) is 11.3 Å². The summed E-state index contributed by atoms with van der Waals surface area (Å²) in [6.45, 7) is 7.86. The second-order valence-electron chi connectivity index (χ2n) is 11.8. The predicted octanol–water partition coefficient (Wildman–Crippen LogP) is 5.64. The molecule has 0 radical (unpaired) electrons. The topological polar surface area (TPSA) is 129 Å². The molecule has 0 spiro atoms. The van der Waals surface area contributed by atoms with Crippen LogP contribution < -0.4 is 10.6 Å². The standard InChI is InChI=1S/C28H29ClN4O3S.C2HF3O2/c1-14-10-16(29)11-19(23(14)32-25(34)15-4-7-30-8-5-15)18-6-9-31-20-12-17(37-24(18)20)13-33-26(35)21-22(27(33)36)28(21,2)3;3-2(4,5)1(6)7/h6,9-12,15,21-22,30H,4-5,7-8,13H2,1-3H3,(H,32,34);(H,6,7). The Hall–Kier alpha value is -3.55. The zero-order valence-electron chi connectivity index (χ0n) is 24.0. The highest BCUT2D eigenvalue weighted by Gasteiger charge is 2.72. The highest BCUT2D eigenvalue weighted by atomic mass is 35.5. The monoisotopic (exact) mass is 650 g/mol. The Morgan fingerprint density at radius 3 is 2.34 bits per heavy atom. The third-order valence-corrected chi connectivity index (χ3v) is 9.82. The lowest BCUT2D eigenvalue weighted by atomic mass is 9.95. The van der Waals surface area contributed by atoms with Crippen LogP contribution >= 0.6 is 22.9 Å². The first-order valence-electron chi connectivity index (χ1n) is 14.0.